The second kappa shape index (κ2) is 6.75. The van der Waals surface area contributed by atoms with Crippen LogP contribution in [-0.4, -0.2) is 29.6 Å². The maximum atomic E-state index is 6.65. The van der Waals surface area contributed by atoms with Gasteiger partial charge in [0, 0.05) is 11.6 Å². The first-order valence-corrected chi connectivity index (χ1v) is 7.60. The molecule has 2 heteroatoms. The van der Waals surface area contributed by atoms with Crippen LogP contribution in [0, 0.1) is 5.92 Å². The van der Waals surface area contributed by atoms with Crippen LogP contribution in [0.1, 0.15) is 66.2 Å². The van der Waals surface area contributed by atoms with Crippen molar-refractivity contribution in [3.05, 3.63) is 0 Å². The Labute approximate surface area is 108 Å². The molecule has 2 N–H and O–H groups in total. The van der Waals surface area contributed by atoms with Gasteiger partial charge < -0.3 is 5.73 Å². The Balaban J connectivity index is 2.75. The van der Waals surface area contributed by atoms with Crippen LogP contribution in [0.2, 0.25) is 0 Å². The lowest BCUT2D eigenvalue weighted by Crippen LogP contribution is -2.60. The van der Waals surface area contributed by atoms with Crippen LogP contribution in [0.4, 0.5) is 0 Å². The molecule has 102 valence electrons. The van der Waals surface area contributed by atoms with Crippen molar-refractivity contribution in [1.29, 1.82) is 0 Å². The first-order chi connectivity index (χ1) is 8.10. The predicted molar refractivity (Wildman–Crippen MR) is 76.2 cm³/mol. The highest BCUT2D eigenvalue weighted by molar-refractivity contribution is 4.97. The summed E-state index contributed by atoms with van der Waals surface area (Å²) >= 11 is 0. The van der Waals surface area contributed by atoms with Gasteiger partial charge in [0.2, 0.25) is 0 Å². The van der Waals surface area contributed by atoms with Crippen molar-refractivity contribution in [2.75, 3.05) is 13.1 Å². The number of rotatable bonds is 6. The Morgan fingerprint density at radius 2 is 1.65 bits per heavy atom. The number of nitrogens with two attached hydrogens (primary N) is 1. The molecular weight excluding hydrogens is 208 g/mol. The SMILES string of the molecule is CCN(CC)C(C)(CC)C(N)C1CCCCC1. The zero-order valence-electron chi connectivity index (χ0n) is 12.3. The summed E-state index contributed by atoms with van der Waals surface area (Å²) in [6, 6.07) is 0.340. The molecule has 0 bridgehead atoms. The van der Waals surface area contributed by atoms with E-state index in [2.05, 4.69) is 32.6 Å². The van der Waals surface area contributed by atoms with E-state index in [0.717, 1.165) is 25.4 Å². The van der Waals surface area contributed by atoms with Crippen LogP contribution in [0.25, 0.3) is 0 Å². The van der Waals surface area contributed by atoms with Gasteiger partial charge in [-0.2, -0.15) is 0 Å². The Bertz CT molecular complexity index is 207. The lowest BCUT2D eigenvalue weighted by molar-refractivity contribution is 0.0535. The molecule has 1 fully saturated rings. The minimum absolute atomic E-state index is 0.186. The number of hydrogen-bond acceptors (Lipinski definition) is 2. The van der Waals surface area contributed by atoms with Crippen LogP contribution in [0.5, 0.6) is 0 Å². The molecule has 0 spiro atoms. The van der Waals surface area contributed by atoms with E-state index in [-0.39, 0.29) is 5.54 Å². The largest absolute Gasteiger partial charge is 0.326 e. The van der Waals surface area contributed by atoms with Gasteiger partial charge in [-0.05, 0) is 45.2 Å². The third kappa shape index (κ3) is 3.23. The number of nitrogens with zero attached hydrogens (tertiary/aromatic N) is 1. The van der Waals surface area contributed by atoms with E-state index in [9.17, 15) is 0 Å². The molecule has 0 aliphatic heterocycles. The van der Waals surface area contributed by atoms with Gasteiger partial charge in [0.1, 0.15) is 0 Å². The molecule has 0 aromatic rings. The van der Waals surface area contributed by atoms with Gasteiger partial charge >= 0.3 is 0 Å². The van der Waals surface area contributed by atoms with E-state index < -0.39 is 0 Å². The quantitative estimate of drug-likeness (QED) is 0.771. The van der Waals surface area contributed by atoms with E-state index in [4.69, 9.17) is 5.73 Å². The summed E-state index contributed by atoms with van der Waals surface area (Å²) in [5.41, 5.74) is 6.83. The number of hydrogen-bond donors (Lipinski definition) is 1. The Morgan fingerprint density at radius 3 is 2.06 bits per heavy atom. The fourth-order valence-electron chi connectivity index (χ4n) is 3.62. The average molecular weight is 240 g/mol. The monoisotopic (exact) mass is 240 g/mol. The van der Waals surface area contributed by atoms with Gasteiger partial charge in [-0.3, -0.25) is 4.90 Å². The van der Waals surface area contributed by atoms with E-state index in [1.54, 1.807) is 0 Å². The summed E-state index contributed by atoms with van der Waals surface area (Å²) < 4.78 is 0. The van der Waals surface area contributed by atoms with Gasteiger partial charge in [0.15, 0.2) is 0 Å². The van der Waals surface area contributed by atoms with Crippen LogP contribution >= 0.6 is 0 Å². The summed E-state index contributed by atoms with van der Waals surface area (Å²) in [7, 11) is 0. The Hall–Kier alpha value is -0.0800. The van der Waals surface area contributed by atoms with Gasteiger partial charge in [-0.25, -0.2) is 0 Å². The van der Waals surface area contributed by atoms with Crippen LogP contribution < -0.4 is 5.73 Å². The average Bonchev–Trinajstić information content (AvgIpc) is 2.39. The van der Waals surface area contributed by atoms with E-state index in [1.807, 2.05) is 0 Å². The Morgan fingerprint density at radius 1 is 1.12 bits per heavy atom. The molecule has 17 heavy (non-hydrogen) atoms. The lowest BCUT2D eigenvalue weighted by Gasteiger charge is -2.47. The molecule has 2 nitrogen and oxygen atoms in total. The van der Waals surface area contributed by atoms with Gasteiger partial charge in [-0.15, -0.1) is 0 Å². The van der Waals surface area contributed by atoms with Crippen molar-refractivity contribution in [2.24, 2.45) is 11.7 Å². The molecule has 0 aromatic carbocycles. The molecule has 0 heterocycles. The summed E-state index contributed by atoms with van der Waals surface area (Å²) in [5, 5.41) is 0. The molecule has 0 radical (unpaired) electrons. The minimum Gasteiger partial charge on any atom is -0.326 e. The smallest absolute Gasteiger partial charge is 0.0332 e. The standard InChI is InChI=1S/C15H32N2/c1-5-15(4,17(6-2)7-3)14(16)13-11-9-8-10-12-13/h13-14H,5-12,16H2,1-4H3. The molecule has 0 aromatic heterocycles. The normalized spacial score (nSPS) is 23.6. The fraction of sp³-hybridized carbons (Fsp3) is 1.00. The maximum absolute atomic E-state index is 6.65. The van der Waals surface area contributed by atoms with Crippen molar-refractivity contribution in [2.45, 2.75) is 77.8 Å². The summed E-state index contributed by atoms with van der Waals surface area (Å²) in [6.07, 6.45) is 8.03. The predicted octanol–water partition coefficient (Wildman–Crippen LogP) is 3.40. The zero-order valence-corrected chi connectivity index (χ0v) is 12.3. The van der Waals surface area contributed by atoms with E-state index in [1.165, 1.54) is 32.1 Å². The zero-order chi connectivity index (χ0) is 12.9. The third-order valence-corrected chi connectivity index (χ3v) is 5.08. The minimum atomic E-state index is 0.186. The first-order valence-electron chi connectivity index (χ1n) is 7.60. The Kier molecular flexibility index (Phi) is 5.94. The van der Waals surface area contributed by atoms with E-state index in [0.29, 0.717) is 6.04 Å². The molecule has 0 amide bonds. The molecule has 0 saturated heterocycles. The molecule has 2 atom stereocenters. The van der Waals surface area contributed by atoms with Crippen molar-refractivity contribution in [3.63, 3.8) is 0 Å². The van der Waals surface area contributed by atoms with Crippen LogP contribution in [0.15, 0.2) is 0 Å². The highest BCUT2D eigenvalue weighted by Crippen LogP contribution is 2.34. The third-order valence-electron chi connectivity index (χ3n) is 5.08. The summed E-state index contributed by atoms with van der Waals surface area (Å²) in [4.78, 5) is 2.56. The maximum Gasteiger partial charge on any atom is 0.0332 e. The summed E-state index contributed by atoms with van der Waals surface area (Å²) in [6.45, 7) is 11.4. The van der Waals surface area contributed by atoms with Crippen LogP contribution in [-0.2, 0) is 0 Å². The second-order valence-corrected chi connectivity index (χ2v) is 5.81. The molecule has 2 unspecified atom stereocenters. The molecule has 1 aliphatic carbocycles. The molecular formula is C15H32N2. The second-order valence-electron chi connectivity index (χ2n) is 5.81. The van der Waals surface area contributed by atoms with Crippen molar-refractivity contribution >= 4 is 0 Å². The highest BCUT2D eigenvalue weighted by atomic mass is 15.2. The van der Waals surface area contributed by atoms with Crippen molar-refractivity contribution in [3.8, 4) is 0 Å². The molecule has 1 saturated carbocycles. The van der Waals surface area contributed by atoms with Crippen molar-refractivity contribution < 1.29 is 0 Å². The highest BCUT2D eigenvalue weighted by Gasteiger charge is 2.39. The van der Waals surface area contributed by atoms with Crippen LogP contribution in [0.3, 0.4) is 0 Å². The topological polar surface area (TPSA) is 29.3 Å². The van der Waals surface area contributed by atoms with Gasteiger partial charge in [-0.1, -0.05) is 40.0 Å². The summed E-state index contributed by atoms with van der Waals surface area (Å²) in [5.74, 6) is 0.745. The fourth-order valence-corrected chi connectivity index (χ4v) is 3.62. The lowest BCUT2D eigenvalue weighted by atomic mass is 9.74. The van der Waals surface area contributed by atoms with E-state index >= 15 is 0 Å². The van der Waals surface area contributed by atoms with Crippen molar-refractivity contribution in [1.82, 2.24) is 4.90 Å². The van der Waals surface area contributed by atoms with Gasteiger partial charge in [0.05, 0.1) is 0 Å². The van der Waals surface area contributed by atoms with Gasteiger partial charge in [0.25, 0.3) is 0 Å². The molecule has 1 aliphatic rings. The number of likely N-dealkylation sites (N-methyl/N-ethyl adjacent to an activating group) is 1. The molecule has 1 rings (SSSR count). The first kappa shape index (κ1) is 15.0.